The second-order valence-corrected chi connectivity index (χ2v) is 14.8. The van der Waals surface area contributed by atoms with Crippen LogP contribution in [0.1, 0.15) is 16.7 Å². The van der Waals surface area contributed by atoms with Gasteiger partial charge in [0.05, 0.1) is 44.5 Å². The van der Waals surface area contributed by atoms with E-state index >= 15 is 0 Å². The Labute approximate surface area is 313 Å². The zero-order valence-corrected chi connectivity index (χ0v) is 30.5. The van der Waals surface area contributed by atoms with Crippen LogP contribution in [0.3, 0.4) is 0 Å². The Hall–Kier alpha value is -6.84. The highest BCUT2D eigenvalue weighted by molar-refractivity contribution is 6.13. The Morgan fingerprint density at radius 2 is 0.630 bits per heavy atom. The summed E-state index contributed by atoms with van der Waals surface area (Å²) in [6.45, 7) is 6.55. The third kappa shape index (κ3) is 4.42. The van der Waals surface area contributed by atoms with E-state index in [0.29, 0.717) is 0 Å². The summed E-state index contributed by atoms with van der Waals surface area (Å²) in [4.78, 5) is 0. The molecule has 0 aliphatic heterocycles. The molecule has 0 spiro atoms. The topological polar surface area (TPSA) is 14.8 Å². The van der Waals surface area contributed by atoms with Crippen molar-refractivity contribution in [1.29, 1.82) is 0 Å². The average Bonchev–Trinajstić information content (AvgIpc) is 3.82. The van der Waals surface area contributed by atoms with Crippen molar-refractivity contribution >= 4 is 65.4 Å². The molecule has 0 unspecified atom stereocenters. The van der Waals surface area contributed by atoms with Crippen LogP contribution >= 0.6 is 0 Å². The minimum atomic E-state index is 1.16. The van der Waals surface area contributed by atoms with Crippen molar-refractivity contribution in [2.24, 2.45) is 0 Å². The summed E-state index contributed by atoms with van der Waals surface area (Å²) < 4.78 is 7.36. The first-order chi connectivity index (χ1) is 26.5. The van der Waals surface area contributed by atoms with Crippen LogP contribution in [0.5, 0.6) is 0 Å². The molecule has 3 heterocycles. The summed E-state index contributed by atoms with van der Waals surface area (Å²) in [6.07, 6.45) is 0. The number of hydrogen-bond acceptors (Lipinski definition) is 0. The fourth-order valence-corrected chi connectivity index (χ4v) is 9.03. The maximum absolute atomic E-state index is 2.48. The van der Waals surface area contributed by atoms with E-state index in [1.165, 1.54) is 105 Å². The fourth-order valence-electron chi connectivity index (χ4n) is 9.03. The monoisotopic (exact) mass is 691 g/mol. The Morgan fingerprint density at radius 3 is 1.15 bits per heavy atom. The quantitative estimate of drug-likeness (QED) is 0.175. The molecule has 0 amide bonds. The fraction of sp³-hybridized carbons (Fsp3) is 0.0588. The first-order valence-corrected chi connectivity index (χ1v) is 18.8. The van der Waals surface area contributed by atoms with Gasteiger partial charge in [0.2, 0.25) is 0 Å². The van der Waals surface area contributed by atoms with Crippen molar-refractivity contribution in [3.63, 3.8) is 0 Å². The molecule has 11 aromatic rings. The molecule has 0 bridgehead atoms. The Bertz CT molecular complexity index is 3310. The maximum atomic E-state index is 2.48. The van der Waals surface area contributed by atoms with Crippen LogP contribution in [0.15, 0.2) is 170 Å². The van der Waals surface area contributed by atoms with Gasteiger partial charge in [-0.1, -0.05) is 108 Å². The largest absolute Gasteiger partial charge is 0.309 e. The van der Waals surface area contributed by atoms with Crippen molar-refractivity contribution in [3.05, 3.63) is 187 Å². The molecule has 256 valence electrons. The second kappa shape index (κ2) is 11.6. The van der Waals surface area contributed by atoms with Gasteiger partial charge in [-0.3, -0.25) is 0 Å². The minimum absolute atomic E-state index is 1.16. The Balaban J connectivity index is 1.17. The summed E-state index contributed by atoms with van der Waals surface area (Å²) >= 11 is 0. The van der Waals surface area contributed by atoms with E-state index in [4.69, 9.17) is 0 Å². The zero-order chi connectivity index (χ0) is 36.1. The highest BCUT2D eigenvalue weighted by Crippen LogP contribution is 2.42. The number of hydrogen-bond donors (Lipinski definition) is 0. The third-order valence-corrected chi connectivity index (χ3v) is 11.4. The number of fused-ring (bicyclic) bond motifs is 9. The molecule has 8 aromatic carbocycles. The molecule has 0 aliphatic rings. The zero-order valence-electron chi connectivity index (χ0n) is 30.5. The highest BCUT2D eigenvalue weighted by atomic mass is 15.0. The van der Waals surface area contributed by atoms with Gasteiger partial charge in [0.25, 0.3) is 0 Å². The molecule has 3 aromatic heterocycles. The van der Waals surface area contributed by atoms with E-state index in [1.54, 1.807) is 0 Å². The lowest BCUT2D eigenvalue weighted by Gasteiger charge is -2.18. The number of nitrogens with zero attached hydrogens (tertiary/aromatic N) is 3. The molecule has 0 fully saturated rings. The van der Waals surface area contributed by atoms with Gasteiger partial charge in [-0.05, 0) is 99.6 Å². The van der Waals surface area contributed by atoms with Crippen molar-refractivity contribution in [2.45, 2.75) is 20.8 Å². The SMILES string of the molecule is Cc1ccc2c(c1)c1ccccc1n2-c1ccc2c(c1)c1cc(C)ccc1n2-c1ccccc1-c1ccccc1-n1c2ccccc2c2cc(C)ccc21. The highest BCUT2D eigenvalue weighted by Gasteiger charge is 2.21. The predicted molar refractivity (Wildman–Crippen MR) is 229 cm³/mol. The van der Waals surface area contributed by atoms with Gasteiger partial charge in [0, 0.05) is 49.1 Å². The molecule has 0 N–H and O–H groups in total. The van der Waals surface area contributed by atoms with Gasteiger partial charge in [0.15, 0.2) is 0 Å². The van der Waals surface area contributed by atoms with E-state index in [1.807, 2.05) is 0 Å². The van der Waals surface area contributed by atoms with Gasteiger partial charge in [-0.15, -0.1) is 0 Å². The van der Waals surface area contributed by atoms with Crippen LogP contribution in [0, 0.1) is 20.8 Å². The van der Waals surface area contributed by atoms with E-state index in [2.05, 4.69) is 204 Å². The lowest BCUT2D eigenvalue weighted by molar-refractivity contribution is 1.15. The third-order valence-electron chi connectivity index (χ3n) is 11.4. The van der Waals surface area contributed by atoms with Gasteiger partial charge < -0.3 is 13.7 Å². The Morgan fingerprint density at radius 1 is 0.278 bits per heavy atom. The maximum Gasteiger partial charge on any atom is 0.0542 e. The van der Waals surface area contributed by atoms with Crippen molar-refractivity contribution in [1.82, 2.24) is 13.7 Å². The normalized spacial score (nSPS) is 12.0. The molecule has 11 rings (SSSR count). The molecule has 0 saturated carbocycles. The molecule has 0 aliphatic carbocycles. The molecular formula is C51H37N3. The summed E-state index contributed by atoms with van der Waals surface area (Å²) in [5, 5.41) is 7.61. The van der Waals surface area contributed by atoms with Crippen LogP contribution in [-0.2, 0) is 0 Å². The van der Waals surface area contributed by atoms with Crippen LogP contribution in [0.25, 0.3) is 93.6 Å². The summed E-state index contributed by atoms with van der Waals surface area (Å²) in [5.41, 5.74) is 16.9. The molecule has 54 heavy (non-hydrogen) atoms. The summed E-state index contributed by atoms with van der Waals surface area (Å²) in [5.74, 6) is 0. The number of aromatic nitrogens is 3. The summed E-state index contributed by atoms with van der Waals surface area (Å²) in [7, 11) is 0. The van der Waals surface area contributed by atoms with Gasteiger partial charge in [-0.2, -0.15) is 0 Å². The molecule has 0 radical (unpaired) electrons. The average molecular weight is 692 g/mol. The lowest BCUT2D eigenvalue weighted by atomic mass is 10.0. The predicted octanol–water partition coefficient (Wildman–Crippen LogP) is 13.6. The molecule has 3 nitrogen and oxygen atoms in total. The van der Waals surface area contributed by atoms with E-state index in [-0.39, 0.29) is 0 Å². The number of benzene rings is 8. The smallest absolute Gasteiger partial charge is 0.0542 e. The lowest BCUT2D eigenvalue weighted by Crippen LogP contribution is -2.01. The van der Waals surface area contributed by atoms with Crippen LogP contribution in [-0.4, -0.2) is 13.7 Å². The molecule has 0 atom stereocenters. The van der Waals surface area contributed by atoms with Gasteiger partial charge >= 0.3 is 0 Å². The second-order valence-electron chi connectivity index (χ2n) is 14.8. The Kier molecular flexibility index (Phi) is 6.60. The molecule has 3 heteroatoms. The van der Waals surface area contributed by atoms with Gasteiger partial charge in [-0.25, -0.2) is 0 Å². The number of aryl methyl sites for hydroxylation is 3. The molecule has 0 saturated heterocycles. The van der Waals surface area contributed by atoms with Gasteiger partial charge in [0.1, 0.15) is 0 Å². The first-order valence-electron chi connectivity index (χ1n) is 18.8. The van der Waals surface area contributed by atoms with Crippen molar-refractivity contribution in [3.8, 4) is 28.2 Å². The van der Waals surface area contributed by atoms with Crippen molar-refractivity contribution in [2.75, 3.05) is 0 Å². The summed E-state index contributed by atoms with van der Waals surface area (Å²) in [6, 6.07) is 62.9. The number of rotatable bonds is 4. The van der Waals surface area contributed by atoms with Crippen LogP contribution in [0.2, 0.25) is 0 Å². The van der Waals surface area contributed by atoms with Crippen LogP contribution < -0.4 is 0 Å². The van der Waals surface area contributed by atoms with E-state index in [9.17, 15) is 0 Å². The van der Waals surface area contributed by atoms with E-state index < -0.39 is 0 Å². The van der Waals surface area contributed by atoms with E-state index in [0.717, 1.165) is 5.69 Å². The standard InChI is InChI=1S/C51H37N3/c1-32-20-24-48-40(28-32)38-14-6-8-16-44(38)52(48)35-23-27-51-43(31-35)42-30-34(3)22-26-50(42)54(51)46-18-10-5-13-37(46)36-12-4-9-17-45(36)53-47-19-11-7-15-39(47)41-29-33(2)21-25-49(41)53/h4-31H,1-3H3. The first kappa shape index (κ1) is 30.8. The minimum Gasteiger partial charge on any atom is -0.309 e. The number of para-hydroxylation sites is 4. The van der Waals surface area contributed by atoms with Crippen LogP contribution in [0.4, 0.5) is 0 Å². The molecular weight excluding hydrogens is 655 g/mol. The van der Waals surface area contributed by atoms with Crippen molar-refractivity contribution < 1.29 is 0 Å².